The lowest BCUT2D eigenvalue weighted by atomic mass is 10.0. The molecule has 4 rings (SSSR count). The standard InChI is InChI=1S/C24H23N3O2S/c1-15-10-12-17(13-11-15)20-16(2)30-23-21(20)24(29)27(14-6-9-19(25)28)22(26-23)18-7-4-3-5-8-18/h3-5,7-8,10-13H,6,9,14H2,1-2H3,(H2,25,28). The largest absolute Gasteiger partial charge is 0.370 e. The predicted octanol–water partition coefficient (Wildman–Crippen LogP) is 4.67. The first-order valence-corrected chi connectivity index (χ1v) is 10.7. The van der Waals surface area contributed by atoms with E-state index < -0.39 is 0 Å². The van der Waals surface area contributed by atoms with Crippen LogP contribution in [-0.4, -0.2) is 15.5 Å². The van der Waals surface area contributed by atoms with E-state index in [2.05, 4.69) is 12.1 Å². The van der Waals surface area contributed by atoms with Crippen molar-refractivity contribution < 1.29 is 4.79 Å². The summed E-state index contributed by atoms with van der Waals surface area (Å²) in [4.78, 5) is 31.6. The number of hydrogen-bond donors (Lipinski definition) is 1. The lowest BCUT2D eigenvalue weighted by Gasteiger charge is -2.13. The summed E-state index contributed by atoms with van der Waals surface area (Å²) in [6.07, 6.45) is 0.720. The van der Waals surface area contributed by atoms with Crippen LogP contribution in [0.4, 0.5) is 0 Å². The second kappa shape index (κ2) is 8.24. The molecule has 4 aromatic rings. The molecule has 1 amide bonds. The van der Waals surface area contributed by atoms with Crippen molar-refractivity contribution in [2.24, 2.45) is 5.73 Å². The SMILES string of the molecule is Cc1ccc(-c2c(C)sc3nc(-c4ccccc4)n(CCCC(N)=O)c(=O)c23)cc1. The van der Waals surface area contributed by atoms with Crippen molar-refractivity contribution >= 4 is 27.5 Å². The average molecular weight is 418 g/mol. The number of aryl methyl sites for hydroxylation is 2. The molecule has 0 aliphatic rings. The van der Waals surface area contributed by atoms with E-state index >= 15 is 0 Å². The number of aromatic nitrogens is 2. The zero-order chi connectivity index (χ0) is 21.3. The lowest BCUT2D eigenvalue weighted by Crippen LogP contribution is -2.24. The second-order valence-corrected chi connectivity index (χ2v) is 8.61. The van der Waals surface area contributed by atoms with Gasteiger partial charge in [-0.25, -0.2) is 4.98 Å². The Morgan fingerprint density at radius 2 is 1.73 bits per heavy atom. The van der Waals surface area contributed by atoms with Gasteiger partial charge in [0.05, 0.1) is 5.39 Å². The molecule has 5 nitrogen and oxygen atoms in total. The van der Waals surface area contributed by atoms with E-state index in [1.807, 2.05) is 56.3 Å². The number of rotatable bonds is 6. The predicted molar refractivity (Wildman–Crippen MR) is 123 cm³/mol. The molecule has 0 aliphatic carbocycles. The molecule has 0 atom stereocenters. The van der Waals surface area contributed by atoms with E-state index in [4.69, 9.17) is 10.7 Å². The molecule has 30 heavy (non-hydrogen) atoms. The van der Waals surface area contributed by atoms with E-state index in [1.165, 1.54) is 16.9 Å². The van der Waals surface area contributed by atoms with Gasteiger partial charge in [-0.1, -0.05) is 60.2 Å². The van der Waals surface area contributed by atoms with Gasteiger partial charge in [0.25, 0.3) is 5.56 Å². The first-order valence-electron chi connectivity index (χ1n) is 9.90. The molecule has 0 unspecified atom stereocenters. The Morgan fingerprint density at radius 1 is 1.03 bits per heavy atom. The number of fused-ring (bicyclic) bond motifs is 1. The monoisotopic (exact) mass is 417 g/mol. The molecular weight excluding hydrogens is 394 g/mol. The Labute approximate surface area is 178 Å². The number of benzene rings is 2. The van der Waals surface area contributed by atoms with Gasteiger partial charge in [0.2, 0.25) is 5.91 Å². The van der Waals surface area contributed by atoms with Crippen LogP contribution in [0.3, 0.4) is 0 Å². The number of carbonyl (C=O) groups is 1. The highest BCUT2D eigenvalue weighted by molar-refractivity contribution is 7.19. The normalized spacial score (nSPS) is 11.1. The van der Waals surface area contributed by atoms with E-state index in [-0.39, 0.29) is 17.9 Å². The van der Waals surface area contributed by atoms with Crippen LogP contribution in [0.1, 0.15) is 23.3 Å². The molecule has 0 bridgehead atoms. The summed E-state index contributed by atoms with van der Waals surface area (Å²) in [6, 6.07) is 17.9. The van der Waals surface area contributed by atoms with Gasteiger partial charge in [-0.3, -0.25) is 14.2 Å². The van der Waals surface area contributed by atoms with E-state index in [9.17, 15) is 9.59 Å². The fourth-order valence-corrected chi connectivity index (χ4v) is 4.72. The molecule has 0 aliphatic heterocycles. The van der Waals surface area contributed by atoms with Crippen LogP contribution in [0.5, 0.6) is 0 Å². The van der Waals surface area contributed by atoms with Crippen LogP contribution in [0.2, 0.25) is 0 Å². The van der Waals surface area contributed by atoms with Crippen molar-refractivity contribution in [3.63, 3.8) is 0 Å². The molecule has 0 radical (unpaired) electrons. The van der Waals surface area contributed by atoms with Gasteiger partial charge in [-0.05, 0) is 25.8 Å². The number of hydrogen-bond acceptors (Lipinski definition) is 4. The van der Waals surface area contributed by atoms with Gasteiger partial charge >= 0.3 is 0 Å². The quantitative estimate of drug-likeness (QED) is 0.495. The van der Waals surface area contributed by atoms with Crippen LogP contribution in [-0.2, 0) is 11.3 Å². The van der Waals surface area contributed by atoms with Crippen LogP contribution < -0.4 is 11.3 Å². The van der Waals surface area contributed by atoms with Gasteiger partial charge < -0.3 is 5.73 Å². The maximum atomic E-state index is 13.7. The molecule has 0 fully saturated rings. The Morgan fingerprint density at radius 3 is 2.40 bits per heavy atom. The summed E-state index contributed by atoms with van der Waals surface area (Å²) < 4.78 is 1.68. The van der Waals surface area contributed by atoms with Crippen LogP contribution in [0, 0.1) is 13.8 Å². The van der Waals surface area contributed by atoms with E-state index in [0.29, 0.717) is 24.2 Å². The van der Waals surface area contributed by atoms with E-state index in [1.54, 1.807) is 4.57 Å². The lowest BCUT2D eigenvalue weighted by molar-refractivity contribution is -0.118. The van der Waals surface area contributed by atoms with Crippen LogP contribution in [0.15, 0.2) is 59.4 Å². The fraction of sp³-hybridized carbons (Fsp3) is 0.208. The summed E-state index contributed by atoms with van der Waals surface area (Å²) in [5, 5.41) is 0.639. The highest BCUT2D eigenvalue weighted by Crippen LogP contribution is 2.36. The molecule has 152 valence electrons. The van der Waals surface area contributed by atoms with Crippen LogP contribution >= 0.6 is 11.3 Å². The molecule has 2 aromatic carbocycles. The number of carbonyl (C=O) groups excluding carboxylic acids is 1. The maximum Gasteiger partial charge on any atom is 0.263 e. The van der Waals surface area contributed by atoms with Crippen molar-refractivity contribution in [3.05, 3.63) is 75.4 Å². The highest BCUT2D eigenvalue weighted by Gasteiger charge is 2.20. The summed E-state index contributed by atoms with van der Waals surface area (Å²) in [7, 11) is 0. The average Bonchev–Trinajstić information content (AvgIpc) is 3.07. The number of thiophene rings is 1. The van der Waals surface area contributed by atoms with Gasteiger partial charge in [0.1, 0.15) is 10.7 Å². The molecule has 2 aromatic heterocycles. The third-order valence-corrected chi connectivity index (χ3v) is 6.16. The second-order valence-electron chi connectivity index (χ2n) is 7.41. The van der Waals surface area contributed by atoms with Gasteiger partial charge in [0, 0.05) is 29.0 Å². The van der Waals surface area contributed by atoms with Gasteiger partial charge in [-0.2, -0.15) is 0 Å². The summed E-state index contributed by atoms with van der Waals surface area (Å²) in [5.74, 6) is 0.249. The van der Waals surface area contributed by atoms with Gasteiger partial charge in [-0.15, -0.1) is 11.3 Å². The smallest absolute Gasteiger partial charge is 0.263 e. The number of nitrogens with zero attached hydrogens (tertiary/aromatic N) is 2. The highest BCUT2D eigenvalue weighted by atomic mass is 32.1. The molecule has 6 heteroatoms. The third-order valence-electron chi connectivity index (χ3n) is 5.16. The minimum atomic E-state index is -0.370. The number of nitrogens with two attached hydrogens (primary N) is 1. The Hall–Kier alpha value is -3.25. The zero-order valence-corrected chi connectivity index (χ0v) is 17.8. The molecule has 2 heterocycles. The molecule has 0 saturated heterocycles. The van der Waals surface area contributed by atoms with Crippen molar-refractivity contribution in [1.29, 1.82) is 0 Å². The number of amides is 1. The van der Waals surface area contributed by atoms with Gasteiger partial charge in [0.15, 0.2) is 0 Å². The first kappa shape index (κ1) is 20.0. The fourth-order valence-electron chi connectivity index (χ4n) is 3.69. The summed E-state index contributed by atoms with van der Waals surface area (Å²) in [6.45, 7) is 4.46. The molecular formula is C24H23N3O2S. The number of primary amides is 1. The topological polar surface area (TPSA) is 78.0 Å². The Balaban J connectivity index is 1.95. The molecule has 0 spiro atoms. The maximum absolute atomic E-state index is 13.7. The third kappa shape index (κ3) is 3.78. The van der Waals surface area contributed by atoms with Crippen molar-refractivity contribution in [3.8, 4) is 22.5 Å². The van der Waals surface area contributed by atoms with Crippen molar-refractivity contribution in [2.45, 2.75) is 33.2 Å². The summed E-state index contributed by atoms with van der Waals surface area (Å²) in [5.41, 5.74) is 9.23. The first-order chi connectivity index (χ1) is 14.5. The summed E-state index contributed by atoms with van der Waals surface area (Å²) >= 11 is 1.54. The van der Waals surface area contributed by atoms with E-state index in [0.717, 1.165) is 26.4 Å². The minimum Gasteiger partial charge on any atom is -0.370 e. The Kier molecular flexibility index (Phi) is 5.50. The van der Waals surface area contributed by atoms with Crippen LogP contribution in [0.25, 0.3) is 32.7 Å². The minimum absolute atomic E-state index is 0.0803. The Bertz CT molecular complexity index is 1270. The van der Waals surface area contributed by atoms with Crippen molar-refractivity contribution in [1.82, 2.24) is 9.55 Å². The van der Waals surface area contributed by atoms with Crippen molar-refractivity contribution in [2.75, 3.05) is 0 Å². The molecule has 2 N–H and O–H groups in total. The molecule has 0 saturated carbocycles. The zero-order valence-electron chi connectivity index (χ0n) is 17.0.